The Kier molecular flexibility index (Phi) is 7.65. The Labute approximate surface area is 227 Å². The average molecular weight is 525 g/mol. The van der Waals surface area contributed by atoms with Crippen LogP contribution in [0.4, 0.5) is 0 Å². The molecule has 0 radical (unpaired) electrons. The summed E-state index contributed by atoms with van der Waals surface area (Å²) in [7, 11) is 0. The molecule has 0 spiro atoms. The summed E-state index contributed by atoms with van der Waals surface area (Å²) in [6.07, 6.45) is 10.2. The molecule has 2 N–H and O–H groups in total. The molecular weight excluding hydrogens is 492 g/mol. The number of nitrogens with one attached hydrogen (secondary N) is 1. The van der Waals surface area contributed by atoms with Crippen LogP contribution in [-0.2, 0) is 4.79 Å². The van der Waals surface area contributed by atoms with Crippen LogP contribution in [0, 0.1) is 5.92 Å². The van der Waals surface area contributed by atoms with E-state index in [1.807, 2.05) is 37.0 Å². The topological polar surface area (TPSA) is 91.8 Å². The first-order valence-corrected chi connectivity index (χ1v) is 13.9. The summed E-state index contributed by atoms with van der Waals surface area (Å²) in [5.74, 6) is 0.910. The lowest BCUT2D eigenvalue weighted by atomic mass is 9.77. The summed E-state index contributed by atoms with van der Waals surface area (Å²) in [6.45, 7) is 8.15. The fourth-order valence-corrected chi connectivity index (χ4v) is 5.83. The molecule has 6 nitrogen and oxygen atoms in total. The van der Waals surface area contributed by atoms with Crippen LogP contribution >= 0.6 is 11.3 Å². The van der Waals surface area contributed by atoms with E-state index in [2.05, 4.69) is 53.8 Å². The molecule has 0 aliphatic heterocycles. The fraction of sp³-hybridized carbons (Fsp3) is 0.290. The van der Waals surface area contributed by atoms with Gasteiger partial charge in [0.05, 0.1) is 22.6 Å². The third-order valence-corrected chi connectivity index (χ3v) is 8.25. The molecular formula is C31H32N4O2S. The molecule has 1 fully saturated rings. The number of aromatic amines is 1. The number of hydrogen-bond acceptors (Lipinski definition) is 5. The number of nitrogens with zero attached hydrogens (tertiary/aromatic N) is 3. The Bertz CT molecular complexity index is 1440. The lowest BCUT2D eigenvalue weighted by molar-refractivity contribution is -0.138. The number of imidazole rings is 1. The number of carboxylic acid groups (broad SMARTS) is 1. The first kappa shape index (κ1) is 25.8. The second kappa shape index (κ2) is 11.3. The number of rotatable bonds is 8. The SMILES string of the molecule is C=C(C)c1nc(-c2ccc(-c3ccc(C4CCC(CC(=O)O)CC4)cc3)nc2)[nH]c1/C=C(\C)c1cncs1. The Morgan fingerprint density at radius 3 is 2.42 bits per heavy atom. The third-order valence-electron chi connectivity index (χ3n) is 7.34. The molecule has 0 unspecified atom stereocenters. The monoisotopic (exact) mass is 524 g/mol. The smallest absolute Gasteiger partial charge is 0.303 e. The Balaban J connectivity index is 1.30. The van der Waals surface area contributed by atoms with E-state index < -0.39 is 5.97 Å². The number of benzene rings is 1. The minimum absolute atomic E-state index is 0.296. The second-order valence-corrected chi connectivity index (χ2v) is 11.1. The van der Waals surface area contributed by atoms with Gasteiger partial charge in [0.15, 0.2) is 0 Å². The van der Waals surface area contributed by atoms with E-state index in [-0.39, 0.29) is 0 Å². The molecule has 1 aromatic carbocycles. The maximum Gasteiger partial charge on any atom is 0.303 e. The highest BCUT2D eigenvalue weighted by atomic mass is 32.1. The van der Waals surface area contributed by atoms with Gasteiger partial charge < -0.3 is 10.1 Å². The molecule has 0 bridgehead atoms. The molecule has 1 saturated carbocycles. The minimum Gasteiger partial charge on any atom is -0.481 e. The van der Waals surface area contributed by atoms with Crippen molar-refractivity contribution in [2.45, 2.75) is 51.9 Å². The number of aromatic nitrogens is 4. The fourth-order valence-electron chi connectivity index (χ4n) is 5.23. The second-order valence-electron chi connectivity index (χ2n) is 10.2. The van der Waals surface area contributed by atoms with Crippen LogP contribution < -0.4 is 0 Å². The molecule has 194 valence electrons. The molecule has 3 aromatic heterocycles. The third kappa shape index (κ3) is 5.83. The van der Waals surface area contributed by atoms with Gasteiger partial charge in [-0.3, -0.25) is 14.8 Å². The van der Waals surface area contributed by atoms with Crippen LogP contribution in [0.25, 0.3) is 39.9 Å². The zero-order chi connectivity index (χ0) is 26.6. The van der Waals surface area contributed by atoms with E-state index in [1.54, 1.807) is 11.3 Å². The van der Waals surface area contributed by atoms with Crippen LogP contribution in [0.5, 0.6) is 0 Å². The maximum absolute atomic E-state index is 11.0. The van der Waals surface area contributed by atoms with Crippen molar-refractivity contribution in [3.63, 3.8) is 0 Å². The van der Waals surface area contributed by atoms with E-state index in [0.29, 0.717) is 18.3 Å². The van der Waals surface area contributed by atoms with Crippen molar-refractivity contribution >= 4 is 34.5 Å². The molecule has 3 heterocycles. The first-order chi connectivity index (χ1) is 18.4. The van der Waals surface area contributed by atoms with Crippen LogP contribution in [0.2, 0.25) is 0 Å². The molecule has 4 aromatic rings. The summed E-state index contributed by atoms with van der Waals surface area (Å²) in [6, 6.07) is 12.7. The van der Waals surface area contributed by atoms with Crippen molar-refractivity contribution in [3.05, 3.63) is 82.7 Å². The van der Waals surface area contributed by atoms with Gasteiger partial charge in [0, 0.05) is 34.8 Å². The molecule has 5 rings (SSSR count). The standard InChI is InChI=1S/C31H32N4O2S/c1-19(2)30-27(14-20(3)28-17-32-18-38-28)34-31(35-30)25-12-13-26(33-16-25)24-10-8-23(9-11-24)22-6-4-21(5-7-22)15-29(36)37/h8-14,16-18,21-22H,1,4-7,15H2,2-3H3,(H,34,35)(H,36,37)/b20-14+. The zero-order valence-electron chi connectivity index (χ0n) is 21.8. The predicted octanol–water partition coefficient (Wildman–Crippen LogP) is 7.94. The van der Waals surface area contributed by atoms with Gasteiger partial charge >= 0.3 is 5.97 Å². The minimum atomic E-state index is -0.682. The van der Waals surface area contributed by atoms with E-state index >= 15 is 0 Å². The predicted molar refractivity (Wildman–Crippen MR) is 155 cm³/mol. The van der Waals surface area contributed by atoms with Crippen LogP contribution in [-0.4, -0.2) is 31.0 Å². The highest BCUT2D eigenvalue weighted by Crippen LogP contribution is 2.37. The van der Waals surface area contributed by atoms with Gasteiger partial charge in [-0.2, -0.15) is 0 Å². The van der Waals surface area contributed by atoms with Crippen molar-refractivity contribution in [1.82, 2.24) is 19.9 Å². The lowest BCUT2D eigenvalue weighted by Crippen LogP contribution is -2.16. The molecule has 1 aliphatic rings. The normalized spacial score (nSPS) is 17.9. The van der Waals surface area contributed by atoms with E-state index in [1.165, 1.54) is 5.56 Å². The lowest BCUT2D eigenvalue weighted by Gasteiger charge is -2.28. The van der Waals surface area contributed by atoms with Crippen molar-refractivity contribution in [1.29, 1.82) is 0 Å². The number of H-pyrrole nitrogens is 1. The number of carbonyl (C=O) groups is 1. The molecule has 38 heavy (non-hydrogen) atoms. The molecule has 0 saturated heterocycles. The van der Waals surface area contributed by atoms with Gasteiger partial charge in [0.2, 0.25) is 0 Å². The van der Waals surface area contributed by atoms with Gasteiger partial charge in [-0.1, -0.05) is 30.8 Å². The number of pyridine rings is 1. The quantitative estimate of drug-likeness (QED) is 0.244. The van der Waals surface area contributed by atoms with E-state index in [0.717, 1.165) is 75.7 Å². The van der Waals surface area contributed by atoms with Gasteiger partial charge in [0.25, 0.3) is 0 Å². The average Bonchev–Trinajstić information content (AvgIpc) is 3.60. The molecule has 1 aliphatic carbocycles. The number of thiazole rings is 1. The number of hydrogen-bond donors (Lipinski definition) is 2. The van der Waals surface area contributed by atoms with E-state index in [9.17, 15) is 4.79 Å². The van der Waals surface area contributed by atoms with Gasteiger partial charge in [-0.25, -0.2) is 4.98 Å². The number of allylic oxidation sites excluding steroid dienone is 2. The molecule has 7 heteroatoms. The maximum atomic E-state index is 11.0. The molecule has 0 atom stereocenters. The highest BCUT2D eigenvalue weighted by Gasteiger charge is 2.24. The summed E-state index contributed by atoms with van der Waals surface area (Å²) < 4.78 is 0. The number of aliphatic carboxylic acids is 1. The van der Waals surface area contributed by atoms with Gasteiger partial charge in [-0.05, 0) is 86.3 Å². The molecule has 0 amide bonds. The highest BCUT2D eigenvalue weighted by molar-refractivity contribution is 7.10. The Hall–Kier alpha value is -3.84. The van der Waals surface area contributed by atoms with Gasteiger partial charge in [0.1, 0.15) is 5.82 Å². The van der Waals surface area contributed by atoms with Crippen LogP contribution in [0.1, 0.15) is 73.7 Å². The summed E-state index contributed by atoms with van der Waals surface area (Å²) >= 11 is 1.61. The van der Waals surface area contributed by atoms with Crippen molar-refractivity contribution < 1.29 is 9.90 Å². The summed E-state index contributed by atoms with van der Waals surface area (Å²) in [4.78, 5) is 29.3. The van der Waals surface area contributed by atoms with Crippen LogP contribution in [0.15, 0.2) is 60.9 Å². The Morgan fingerprint density at radius 2 is 1.82 bits per heavy atom. The Morgan fingerprint density at radius 1 is 1.08 bits per heavy atom. The number of carboxylic acids is 1. The summed E-state index contributed by atoms with van der Waals surface area (Å²) in [5.41, 5.74) is 9.86. The largest absolute Gasteiger partial charge is 0.481 e. The van der Waals surface area contributed by atoms with Crippen molar-refractivity contribution in [2.24, 2.45) is 5.92 Å². The summed E-state index contributed by atoms with van der Waals surface area (Å²) in [5, 5.41) is 9.05. The van der Waals surface area contributed by atoms with Crippen molar-refractivity contribution in [3.8, 4) is 22.6 Å². The van der Waals surface area contributed by atoms with Crippen molar-refractivity contribution in [2.75, 3.05) is 0 Å². The van der Waals surface area contributed by atoms with Crippen LogP contribution in [0.3, 0.4) is 0 Å². The first-order valence-electron chi connectivity index (χ1n) is 13.0. The van der Waals surface area contributed by atoms with E-state index in [4.69, 9.17) is 15.1 Å². The van der Waals surface area contributed by atoms with Gasteiger partial charge in [-0.15, -0.1) is 11.3 Å². The zero-order valence-corrected chi connectivity index (χ0v) is 22.6.